The number of carbonyl (C=O) groups is 4. The lowest BCUT2D eigenvalue weighted by atomic mass is 10.1. The van der Waals surface area contributed by atoms with E-state index in [2.05, 4.69) is 13.8 Å². The summed E-state index contributed by atoms with van der Waals surface area (Å²) in [6.45, 7) is 5.73. The van der Waals surface area contributed by atoms with Crippen molar-refractivity contribution in [3.05, 3.63) is 0 Å². The smallest absolute Gasteiger partial charge is 0.305 e. The van der Waals surface area contributed by atoms with E-state index in [0.29, 0.717) is 38.8 Å². The van der Waals surface area contributed by atoms with Crippen LogP contribution in [0.5, 0.6) is 0 Å². The van der Waals surface area contributed by atoms with Crippen molar-refractivity contribution in [3.8, 4) is 0 Å². The van der Waals surface area contributed by atoms with Gasteiger partial charge in [-0.2, -0.15) is 0 Å². The standard InChI is InChI=1S/C32H60N2O6/c1-3-5-7-9-11-13-15-17-21-29(35)33(27-23-31(37)38)25-19-20-26-34(28-24-32(39)40)30(36)22-18-16-14-12-10-8-6-4-2/h3-28H2,1-2H3,(H,37,38)(H,39,40). The van der Waals surface area contributed by atoms with Gasteiger partial charge in [0.25, 0.3) is 0 Å². The largest absolute Gasteiger partial charge is 0.481 e. The molecule has 234 valence electrons. The van der Waals surface area contributed by atoms with Gasteiger partial charge in [0.1, 0.15) is 0 Å². The summed E-state index contributed by atoms with van der Waals surface area (Å²) in [7, 11) is 0. The predicted molar refractivity (Wildman–Crippen MR) is 161 cm³/mol. The highest BCUT2D eigenvalue weighted by Gasteiger charge is 2.17. The first-order valence-electron chi connectivity index (χ1n) is 16.3. The number of rotatable bonds is 29. The lowest BCUT2D eigenvalue weighted by Crippen LogP contribution is -2.36. The van der Waals surface area contributed by atoms with E-state index in [1.54, 1.807) is 9.80 Å². The molecule has 2 N–H and O–H groups in total. The highest BCUT2D eigenvalue weighted by molar-refractivity contribution is 5.77. The fourth-order valence-corrected chi connectivity index (χ4v) is 4.93. The molecule has 8 heteroatoms. The average molecular weight is 569 g/mol. The van der Waals surface area contributed by atoms with Gasteiger partial charge < -0.3 is 20.0 Å². The molecule has 0 fully saturated rings. The lowest BCUT2D eigenvalue weighted by molar-refractivity contribution is -0.140. The Morgan fingerprint density at radius 2 is 0.700 bits per heavy atom. The number of unbranched alkanes of at least 4 members (excludes halogenated alkanes) is 15. The molecule has 0 atom stereocenters. The summed E-state index contributed by atoms with van der Waals surface area (Å²) < 4.78 is 0. The molecule has 0 saturated carbocycles. The summed E-state index contributed by atoms with van der Waals surface area (Å²) in [6, 6.07) is 0. The highest BCUT2D eigenvalue weighted by Crippen LogP contribution is 2.13. The van der Waals surface area contributed by atoms with Crippen molar-refractivity contribution >= 4 is 23.8 Å². The van der Waals surface area contributed by atoms with Crippen LogP contribution in [-0.4, -0.2) is 69.9 Å². The Morgan fingerprint density at radius 1 is 0.400 bits per heavy atom. The monoisotopic (exact) mass is 568 g/mol. The summed E-state index contributed by atoms with van der Waals surface area (Å²) in [6.07, 6.45) is 20.4. The van der Waals surface area contributed by atoms with Gasteiger partial charge in [-0.25, -0.2) is 0 Å². The molecule has 0 rings (SSSR count). The van der Waals surface area contributed by atoms with Crippen LogP contribution in [0.3, 0.4) is 0 Å². The average Bonchev–Trinajstić information content (AvgIpc) is 2.92. The molecular formula is C32H60N2O6. The maximum atomic E-state index is 12.8. The van der Waals surface area contributed by atoms with Gasteiger partial charge in [-0.05, 0) is 25.7 Å². The maximum Gasteiger partial charge on any atom is 0.305 e. The van der Waals surface area contributed by atoms with Gasteiger partial charge in [0, 0.05) is 39.0 Å². The second-order valence-electron chi connectivity index (χ2n) is 11.2. The van der Waals surface area contributed by atoms with E-state index in [1.807, 2.05) is 0 Å². The zero-order valence-corrected chi connectivity index (χ0v) is 25.8. The van der Waals surface area contributed by atoms with Crippen LogP contribution in [0.25, 0.3) is 0 Å². The Bertz CT molecular complexity index is 614. The summed E-state index contributed by atoms with van der Waals surface area (Å²) in [4.78, 5) is 51.1. The first-order chi connectivity index (χ1) is 19.3. The molecule has 0 unspecified atom stereocenters. The fourth-order valence-electron chi connectivity index (χ4n) is 4.93. The Hall–Kier alpha value is -2.12. The molecule has 0 spiro atoms. The van der Waals surface area contributed by atoms with E-state index in [-0.39, 0.29) is 37.7 Å². The minimum Gasteiger partial charge on any atom is -0.481 e. The van der Waals surface area contributed by atoms with Crippen LogP contribution in [0.2, 0.25) is 0 Å². The molecule has 0 aliphatic rings. The molecule has 8 nitrogen and oxygen atoms in total. The number of nitrogens with zero attached hydrogens (tertiary/aromatic N) is 2. The van der Waals surface area contributed by atoms with Crippen molar-refractivity contribution in [2.24, 2.45) is 0 Å². The van der Waals surface area contributed by atoms with Crippen molar-refractivity contribution < 1.29 is 29.4 Å². The minimum absolute atomic E-state index is 0.000682. The van der Waals surface area contributed by atoms with Gasteiger partial charge >= 0.3 is 11.9 Å². The third-order valence-electron chi connectivity index (χ3n) is 7.49. The number of carboxylic acid groups (broad SMARTS) is 2. The minimum atomic E-state index is -0.920. The Kier molecular flexibility index (Phi) is 25.6. The molecule has 0 aromatic heterocycles. The number of aliphatic carboxylic acids is 2. The van der Waals surface area contributed by atoms with Crippen molar-refractivity contribution in [1.29, 1.82) is 0 Å². The quantitative estimate of drug-likeness (QED) is 0.0906. The Morgan fingerprint density at radius 3 is 1.00 bits per heavy atom. The van der Waals surface area contributed by atoms with Gasteiger partial charge in [-0.15, -0.1) is 0 Å². The van der Waals surface area contributed by atoms with E-state index >= 15 is 0 Å². The van der Waals surface area contributed by atoms with Gasteiger partial charge in [-0.3, -0.25) is 19.2 Å². The first-order valence-corrected chi connectivity index (χ1v) is 16.3. The van der Waals surface area contributed by atoms with Crippen LogP contribution in [0, 0.1) is 0 Å². The topological polar surface area (TPSA) is 115 Å². The molecule has 2 amide bonds. The SMILES string of the molecule is CCCCCCCCCCC(=O)N(CCCCN(CCC(=O)O)C(=O)CCCCCCCCCC)CCC(=O)O. The zero-order chi connectivity index (χ0) is 29.8. The number of hydrogen-bond acceptors (Lipinski definition) is 4. The number of carbonyl (C=O) groups excluding carboxylic acids is 2. The van der Waals surface area contributed by atoms with Crippen LogP contribution < -0.4 is 0 Å². The van der Waals surface area contributed by atoms with Crippen LogP contribution in [-0.2, 0) is 19.2 Å². The molecule has 0 aliphatic carbocycles. The van der Waals surface area contributed by atoms with Crippen molar-refractivity contribution in [2.75, 3.05) is 26.2 Å². The molecule has 0 bridgehead atoms. The van der Waals surface area contributed by atoms with Crippen LogP contribution in [0.4, 0.5) is 0 Å². The molecule has 0 aliphatic heterocycles. The van der Waals surface area contributed by atoms with E-state index in [1.165, 1.54) is 64.2 Å². The van der Waals surface area contributed by atoms with Crippen molar-refractivity contribution in [1.82, 2.24) is 9.80 Å². The molecule has 0 radical (unpaired) electrons. The molecule has 40 heavy (non-hydrogen) atoms. The van der Waals surface area contributed by atoms with E-state index < -0.39 is 11.9 Å². The van der Waals surface area contributed by atoms with Crippen LogP contribution in [0.15, 0.2) is 0 Å². The molecule has 0 aromatic rings. The van der Waals surface area contributed by atoms with Gasteiger partial charge in [0.2, 0.25) is 11.8 Å². The molecule has 0 heterocycles. The number of amides is 2. The zero-order valence-electron chi connectivity index (χ0n) is 25.8. The van der Waals surface area contributed by atoms with Gasteiger partial charge in [0.05, 0.1) is 12.8 Å². The highest BCUT2D eigenvalue weighted by atomic mass is 16.4. The summed E-state index contributed by atoms with van der Waals surface area (Å²) in [5.41, 5.74) is 0. The van der Waals surface area contributed by atoms with Crippen LogP contribution in [0.1, 0.15) is 155 Å². The molecule has 0 saturated heterocycles. The van der Waals surface area contributed by atoms with Crippen molar-refractivity contribution in [2.45, 2.75) is 155 Å². The second kappa shape index (κ2) is 27.1. The summed E-state index contributed by atoms with van der Waals surface area (Å²) in [5.74, 6) is -1.84. The molecule has 0 aromatic carbocycles. The van der Waals surface area contributed by atoms with Crippen LogP contribution >= 0.6 is 0 Å². The normalized spacial score (nSPS) is 10.9. The fraction of sp³-hybridized carbons (Fsp3) is 0.875. The number of hydrogen-bond donors (Lipinski definition) is 2. The Balaban J connectivity index is 4.50. The Labute approximate surface area is 244 Å². The third kappa shape index (κ3) is 23.7. The lowest BCUT2D eigenvalue weighted by Gasteiger charge is -2.25. The third-order valence-corrected chi connectivity index (χ3v) is 7.49. The summed E-state index contributed by atoms with van der Waals surface area (Å²) >= 11 is 0. The van der Waals surface area contributed by atoms with E-state index in [9.17, 15) is 19.2 Å². The van der Waals surface area contributed by atoms with E-state index in [0.717, 1.165) is 38.5 Å². The number of carboxylic acids is 2. The predicted octanol–water partition coefficient (Wildman–Crippen LogP) is 7.43. The van der Waals surface area contributed by atoms with Gasteiger partial charge in [-0.1, -0.05) is 104 Å². The molecular weight excluding hydrogens is 508 g/mol. The maximum absolute atomic E-state index is 12.8. The van der Waals surface area contributed by atoms with Crippen molar-refractivity contribution in [3.63, 3.8) is 0 Å². The van der Waals surface area contributed by atoms with Gasteiger partial charge in [0.15, 0.2) is 0 Å². The summed E-state index contributed by atoms with van der Waals surface area (Å²) in [5, 5.41) is 18.2. The second-order valence-corrected chi connectivity index (χ2v) is 11.2. The van der Waals surface area contributed by atoms with E-state index in [4.69, 9.17) is 10.2 Å². The first kappa shape index (κ1) is 37.9.